The highest BCUT2D eigenvalue weighted by Crippen LogP contribution is 2.34. The third-order valence-corrected chi connectivity index (χ3v) is 4.14. The number of halogens is 2. The van der Waals surface area contributed by atoms with Crippen molar-refractivity contribution in [2.75, 3.05) is 0 Å². The first kappa shape index (κ1) is 12.6. The molecule has 0 radical (unpaired) electrons. The maximum absolute atomic E-state index is 12.3. The Labute approximate surface area is 126 Å². The van der Waals surface area contributed by atoms with E-state index in [1.807, 2.05) is 12.1 Å². The Hall–Kier alpha value is -1.46. The van der Waals surface area contributed by atoms with Crippen LogP contribution >= 0.6 is 31.9 Å². The van der Waals surface area contributed by atoms with Crippen molar-refractivity contribution in [3.63, 3.8) is 0 Å². The molecule has 19 heavy (non-hydrogen) atoms. The monoisotopic (exact) mass is 379 g/mol. The van der Waals surface area contributed by atoms with Crippen molar-refractivity contribution in [3.05, 3.63) is 67.7 Å². The average molecular weight is 381 g/mol. The number of hydrogen-bond acceptors (Lipinski definition) is 2. The fourth-order valence-electron chi connectivity index (χ4n) is 2.09. The third kappa shape index (κ3) is 1.93. The molecule has 2 aromatic carbocycles. The van der Waals surface area contributed by atoms with Crippen molar-refractivity contribution < 1.29 is 9.53 Å². The fourth-order valence-corrected chi connectivity index (χ4v) is 2.88. The first-order chi connectivity index (χ1) is 9.09. The van der Waals surface area contributed by atoms with E-state index in [-0.39, 0.29) is 11.5 Å². The maximum atomic E-state index is 12.3. The molecule has 1 aliphatic rings. The standard InChI is InChI=1S/C14H7Br2NO2/c15-9-6-4-8(5-7-9)12-14(18)10-2-1-3-11(16)13(10)17(12)19/h1-7H. The van der Waals surface area contributed by atoms with Crippen LogP contribution in [0, 0.1) is 5.21 Å². The van der Waals surface area contributed by atoms with Crippen LogP contribution in [-0.2, 0) is 0 Å². The van der Waals surface area contributed by atoms with E-state index in [1.165, 1.54) is 0 Å². The highest BCUT2D eigenvalue weighted by atomic mass is 79.9. The van der Waals surface area contributed by atoms with Gasteiger partial charge in [0.15, 0.2) is 0 Å². The Morgan fingerprint density at radius 1 is 1.00 bits per heavy atom. The molecule has 5 heteroatoms. The van der Waals surface area contributed by atoms with E-state index >= 15 is 0 Å². The van der Waals surface area contributed by atoms with Crippen LogP contribution < -0.4 is 0 Å². The van der Waals surface area contributed by atoms with Gasteiger partial charge in [-0.3, -0.25) is 4.79 Å². The number of hydrogen-bond donors (Lipinski definition) is 0. The predicted molar refractivity (Wildman–Crippen MR) is 80.0 cm³/mol. The molecule has 0 saturated carbocycles. The number of carbonyl (C=O) groups is 1. The van der Waals surface area contributed by atoms with Crippen LogP contribution in [-0.4, -0.2) is 16.2 Å². The van der Waals surface area contributed by atoms with Crippen LogP contribution in [0.25, 0.3) is 0 Å². The smallest absolute Gasteiger partial charge is 0.272 e. The number of rotatable bonds is 1. The largest absolute Gasteiger partial charge is 0.618 e. The van der Waals surface area contributed by atoms with Gasteiger partial charge in [-0.25, -0.2) is 0 Å². The van der Waals surface area contributed by atoms with Crippen LogP contribution in [0.5, 0.6) is 0 Å². The van der Waals surface area contributed by atoms with Gasteiger partial charge in [0.2, 0.25) is 5.69 Å². The summed E-state index contributed by atoms with van der Waals surface area (Å²) in [6.07, 6.45) is 0. The van der Waals surface area contributed by atoms with Crippen LogP contribution in [0.4, 0.5) is 5.69 Å². The van der Waals surface area contributed by atoms with Gasteiger partial charge in [0.25, 0.3) is 11.5 Å². The number of benzene rings is 2. The molecule has 0 fully saturated rings. The van der Waals surface area contributed by atoms with E-state index in [4.69, 9.17) is 0 Å². The molecule has 3 nitrogen and oxygen atoms in total. The SMILES string of the molecule is O=C1C(c2ccc(Br)cc2)=[N+]([O-])c2c(Br)cccc21. The number of nitrogens with zero attached hydrogens (tertiary/aromatic N) is 1. The molecule has 0 spiro atoms. The van der Waals surface area contributed by atoms with Gasteiger partial charge in [0, 0.05) is 4.47 Å². The highest BCUT2D eigenvalue weighted by molar-refractivity contribution is 9.10. The Morgan fingerprint density at radius 2 is 1.68 bits per heavy atom. The second kappa shape index (κ2) is 4.58. The summed E-state index contributed by atoms with van der Waals surface area (Å²) in [5.74, 6) is -0.242. The Balaban J connectivity index is 2.22. The summed E-state index contributed by atoms with van der Waals surface area (Å²) in [4.78, 5) is 12.3. The lowest BCUT2D eigenvalue weighted by molar-refractivity contribution is -0.356. The topological polar surface area (TPSA) is 43.1 Å². The van der Waals surface area contributed by atoms with E-state index in [0.29, 0.717) is 26.0 Å². The first-order valence-corrected chi connectivity index (χ1v) is 7.11. The van der Waals surface area contributed by atoms with Crippen LogP contribution in [0.15, 0.2) is 51.4 Å². The van der Waals surface area contributed by atoms with Gasteiger partial charge >= 0.3 is 0 Å². The van der Waals surface area contributed by atoms with Crippen molar-refractivity contribution in [3.8, 4) is 0 Å². The molecule has 1 aliphatic heterocycles. The number of para-hydroxylation sites is 1. The van der Waals surface area contributed by atoms with Gasteiger partial charge in [-0.2, -0.15) is 4.74 Å². The molecule has 0 aliphatic carbocycles. The molecule has 2 aromatic rings. The number of fused-ring (bicyclic) bond motifs is 1. The van der Waals surface area contributed by atoms with Gasteiger partial charge in [-0.1, -0.05) is 22.0 Å². The van der Waals surface area contributed by atoms with Crippen molar-refractivity contribution >= 4 is 49.0 Å². The van der Waals surface area contributed by atoms with E-state index in [1.54, 1.807) is 30.3 Å². The van der Waals surface area contributed by atoms with E-state index in [2.05, 4.69) is 31.9 Å². The lowest BCUT2D eigenvalue weighted by Crippen LogP contribution is -2.16. The van der Waals surface area contributed by atoms with Crippen LogP contribution in [0.1, 0.15) is 15.9 Å². The molecule has 0 N–H and O–H groups in total. The molecule has 94 valence electrons. The van der Waals surface area contributed by atoms with Crippen molar-refractivity contribution in [2.24, 2.45) is 0 Å². The lowest BCUT2D eigenvalue weighted by atomic mass is 10.0. The number of Topliss-reactive ketones (excluding diaryl/α,β-unsaturated/α-hetero) is 1. The second-order valence-corrected chi connectivity index (χ2v) is 5.89. The third-order valence-electron chi connectivity index (χ3n) is 2.97. The minimum atomic E-state index is -0.242. The summed E-state index contributed by atoms with van der Waals surface area (Å²) in [7, 11) is 0. The minimum absolute atomic E-state index is 0.161. The molecule has 3 rings (SSSR count). The zero-order valence-corrected chi connectivity index (χ0v) is 12.7. The van der Waals surface area contributed by atoms with E-state index in [0.717, 1.165) is 4.47 Å². The van der Waals surface area contributed by atoms with Gasteiger partial charge in [-0.05, 0) is 52.3 Å². The summed E-state index contributed by atoms with van der Waals surface area (Å²) in [6, 6.07) is 12.3. The molecular formula is C14H7Br2NO2. The zero-order chi connectivity index (χ0) is 13.6. The fraction of sp³-hybridized carbons (Fsp3) is 0. The molecule has 1 heterocycles. The number of carbonyl (C=O) groups excluding carboxylic acids is 1. The molecule has 0 amide bonds. The zero-order valence-electron chi connectivity index (χ0n) is 9.56. The highest BCUT2D eigenvalue weighted by Gasteiger charge is 2.37. The summed E-state index contributed by atoms with van der Waals surface area (Å²) < 4.78 is 2.23. The van der Waals surface area contributed by atoms with Gasteiger partial charge < -0.3 is 5.21 Å². The van der Waals surface area contributed by atoms with Crippen molar-refractivity contribution in [2.45, 2.75) is 0 Å². The van der Waals surface area contributed by atoms with Gasteiger partial charge in [-0.15, -0.1) is 0 Å². The van der Waals surface area contributed by atoms with Crippen LogP contribution in [0.2, 0.25) is 0 Å². The molecule has 0 aromatic heterocycles. The number of ketones is 1. The summed E-state index contributed by atoms with van der Waals surface area (Å²) in [5, 5.41) is 12.3. The average Bonchev–Trinajstić information content (AvgIpc) is 2.65. The Morgan fingerprint density at radius 3 is 2.32 bits per heavy atom. The summed E-state index contributed by atoms with van der Waals surface area (Å²) in [6.45, 7) is 0. The minimum Gasteiger partial charge on any atom is -0.618 e. The molecule has 0 unspecified atom stereocenters. The van der Waals surface area contributed by atoms with Crippen molar-refractivity contribution in [1.82, 2.24) is 0 Å². The van der Waals surface area contributed by atoms with E-state index in [9.17, 15) is 10.0 Å². The lowest BCUT2D eigenvalue weighted by Gasteiger charge is -2.03. The predicted octanol–water partition coefficient (Wildman–Crippen LogP) is 4.04. The molecule has 0 bridgehead atoms. The first-order valence-electron chi connectivity index (χ1n) is 5.53. The van der Waals surface area contributed by atoms with Crippen LogP contribution in [0.3, 0.4) is 0 Å². The Kier molecular flexibility index (Phi) is 3.03. The quantitative estimate of drug-likeness (QED) is 0.553. The van der Waals surface area contributed by atoms with E-state index < -0.39 is 0 Å². The maximum Gasteiger partial charge on any atom is 0.272 e. The summed E-state index contributed by atoms with van der Waals surface area (Å²) in [5.41, 5.74) is 1.59. The van der Waals surface area contributed by atoms with Crippen molar-refractivity contribution in [1.29, 1.82) is 0 Å². The molecule has 0 atom stereocenters. The van der Waals surface area contributed by atoms with Gasteiger partial charge in [0.05, 0.1) is 10.0 Å². The molecular weight excluding hydrogens is 374 g/mol. The molecule has 0 saturated heterocycles. The van der Waals surface area contributed by atoms with Gasteiger partial charge in [0.1, 0.15) is 5.56 Å². The normalized spacial score (nSPS) is 13.9. The summed E-state index contributed by atoms with van der Waals surface area (Å²) >= 11 is 6.64. The second-order valence-electron chi connectivity index (χ2n) is 4.12. The Bertz CT molecular complexity index is 721.